The zero-order valence-corrected chi connectivity index (χ0v) is 15.5. The van der Waals surface area contributed by atoms with Crippen molar-refractivity contribution in [2.24, 2.45) is 0 Å². The van der Waals surface area contributed by atoms with Crippen molar-refractivity contribution in [1.82, 2.24) is 14.5 Å². The highest BCUT2D eigenvalue weighted by atomic mass is 32.2. The summed E-state index contributed by atoms with van der Waals surface area (Å²) >= 11 is 0. The summed E-state index contributed by atoms with van der Waals surface area (Å²) in [5.41, 5.74) is 0.857. The number of hydrogen-bond donors (Lipinski definition) is 1. The molecule has 1 N–H and O–H groups in total. The molecular weight excluding hydrogens is 330 g/mol. The number of aliphatic hydroxyl groups is 1. The van der Waals surface area contributed by atoms with Crippen molar-refractivity contribution >= 4 is 9.84 Å². The Balaban J connectivity index is 2.30. The average molecular weight is 359 g/mol. The first kappa shape index (κ1) is 19.4. The highest BCUT2D eigenvalue weighted by molar-refractivity contribution is 7.91. The molecule has 1 atom stereocenters. The molecule has 1 aliphatic heterocycles. The molecule has 7 nitrogen and oxygen atoms in total. The Kier molecular flexibility index (Phi) is 7.21. The highest BCUT2D eigenvalue weighted by Gasteiger charge is 2.26. The molecule has 1 aromatic heterocycles. The molecule has 1 fully saturated rings. The lowest BCUT2D eigenvalue weighted by molar-refractivity contribution is 0.0930. The lowest BCUT2D eigenvalue weighted by Gasteiger charge is -2.21. The van der Waals surface area contributed by atoms with Crippen molar-refractivity contribution in [2.75, 3.05) is 32.1 Å². The molecule has 1 aliphatic rings. The van der Waals surface area contributed by atoms with Crippen LogP contribution in [0.3, 0.4) is 0 Å². The van der Waals surface area contributed by atoms with Crippen LogP contribution in [0, 0.1) is 0 Å². The van der Waals surface area contributed by atoms with Crippen LogP contribution in [0.25, 0.3) is 0 Å². The van der Waals surface area contributed by atoms with E-state index in [1.807, 2.05) is 13.8 Å². The normalized spacial score (nSPS) is 18.6. The van der Waals surface area contributed by atoms with Crippen molar-refractivity contribution in [1.29, 1.82) is 0 Å². The van der Waals surface area contributed by atoms with E-state index >= 15 is 0 Å². The first-order valence-corrected chi connectivity index (χ1v) is 10.4. The largest absolute Gasteiger partial charge is 0.395 e. The molecule has 0 aliphatic carbocycles. The van der Waals surface area contributed by atoms with Gasteiger partial charge < -0.3 is 14.4 Å². The Morgan fingerprint density at radius 1 is 1.46 bits per heavy atom. The molecule has 1 unspecified atom stereocenters. The average Bonchev–Trinajstić information content (AvgIpc) is 3.18. The number of ether oxygens (including phenoxy) is 1. The van der Waals surface area contributed by atoms with E-state index in [9.17, 15) is 8.42 Å². The van der Waals surface area contributed by atoms with E-state index in [0.717, 1.165) is 31.7 Å². The topological polar surface area (TPSA) is 84.7 Å². The summed E-state index contributed by atoms with van der Waals surface area (Å²) in [6, 6.07) is 0. The molecular formula is C16H29N3O4S. The van der Waals surface area contributed by atoms with Gasteiger partial charge in [-0.25, -0.2) is 13.4 Å². The van der Waals surface area contributed by atoms with Gasteiger partial charge in [0.05, 0.1) is 36.9 Å². The molecule has 0 saturated carbocycles. The van der Waals surface area contributed by atoms with E-state index in [1.54, 1.807) is 10.8 Å². The molecule has 138 valence electrons. The SMILES string of the molecule is CCCS(=O)(=O)c1ncc(CN(CC)CCO)n1CC1CCCO1. The minimum Gasteiger partial charge on any atom is -0.395 e. The second-order valence-electron chi connectivity index (χ2n) is 6.19. The van der Waals surface area contributed by atoms with Gasteiger partial charge in [0.1, 0.15) is 0 Å². The summed E-state index contributed by atoms with van der Waals surface area (Å²) in [7, 11) is -3.39. The van der Waals surface area contributed by atoms with Crippen LogP contribution in [0.2, 0.25) is 0 Å². The van der Waals surface area contributed by atoms with E-state index < -0.39 is 9.84 Å². The van der Waals surface area contributed by atoms with E-state index in [2.05, 4.69) is 9.88 Å². The number of likely N-dealkylation sites (N-methyl/N-ethyl adjacent to an activating group) is 1. The van der Waals surface area contributed by atoms with Gasteiger partial charge in [0, 0.05) is 19.7 Å². The molecule has 8 heteroatoms. The van der Waals surface area contributed by atoms with E-state index in [-0.39, 0.29) is 23.6 Å². The van der Waals surface area contributed by atoms with Crippen LogP contribution in [0.4, 0.5) is 0 Å². The number of imidazole rings is 1. The summed E-state index contributed by atoms with van der Waals surface area (Å²) in [5.74, 6) is 0.100. The number of hydrogen-bond acceptors (Lipinski definition) is 6. The number of aliphatic hydroxyl groups excluding tert-OH is 1. The summed E-state index contributed by atoms with van der Waals surface area (Å²) in [6.07, 6.45) is 4.21. The minimum atomic E-state index is -3.39. The summed E-state index contributed by atoms with van der Waals surface area (Å²) < 4.78 is 32.6. The predicted molar refractivity (Wildman–Crippen MR) is 91.6 cm³/mol. The fraction of sp³-hybridized carbons (Fsp3) is 0.812. The molecule has 0 aromatic carbocycles. The van der Waals surface area contributed by atoms with Gasteiger partial charge in [-0.2, -0.15) is 0 Å². The third-order valence-electron chi connectivity index (χ3n) is 4.31. The first-order valence-electron chi connectivity index (χ1n) is 8.73. The molecule has 1 saturated heterocycles. The first-order chi connectivity index (χ1) is 11.5. The molecule has 2 heterocycles. The van der Waals surface area contributed by atoms with Crippen molar-refractivity contribution in [3.63, 3.8) is 0 Å². The van der Waals surface area contributed by atoms with Crippen LogP contribution >= 0.6 is 0 Å². The van der Waals surface area contributed by atoms with Gasteiger partial charge >= 0.3 is 0 Å². The Bertz CT molecular complexity index is 609. The highest BCUT2D eigenvalue weighted by Crippen LogP contribution is 2.21. The summed E-state index contributed by atoms with van der Waals surface area (Å²) in [4.78, 5) is 6.29. The number of nitrogens with zero attached hydrogens (tertiary/aromatic N) is 3. The van der Waals surface area contributed by atoms with Crippen LogP contribution in [-0.2, 0) is 27.7 Å². The predicted octanol–water partition coefficient (Wildman–Crippen LogP) is 1.06. The zero-order chi connectivity index (χ0) is 17.6. The maximum absolute atomic E-state index is 12.5. The molecule has 0 spiro atoms. The second-order valence-corrected chi connectivity index (χ2v) is 8.19. The third-order valence-corrected chi connectivity index (χ3v) is 6.14. The molecule has 1 aromatic rings. The number of sulfone groups is 1. The Hall–Kier alpha value is -0.960. The van der Waals surface area contributed by atoms with Crippen LogP contribution in [0.15, 0.2) is 11.4 Å². The fourth-order valence-corrected chi connectivity index (χ4v) is 4.49. The maximum Gasteiger partial charge on any atom is 0.227 e. The monoisotopic (exact) mass is 359 g/mol. The van der Waals surface area contributed by atoms with Crippen LogP contribution in [0.5, 0.6) is 0 Å². The van der Waals surface area contributed by atoms with Crippen molar-refractivity contribution in [2.45, 2.75) is 57.5 Å². The van der Waals surface area contributed by atoms with E-state index in [1.165, 1.54) is 0 Å². The van der Waals surface area contributed by atoms with Gasteiger partial charge in [0.2, 0.25) is 15.0 Å². The van der Waals surface area contributed by atoms with E-state index in [4.69, 9.17) is 9.84 Å². The molecule has 2 rings (SSSR count). The van der Waals surface area contributed by atoms with Gasteiger partial charge in [-0.05, 0) is 25.8 Å². The molecule has 0 bridgehead atoms. The van der Waals surface area contributed by atoms with Gasteiger partial charge in [0.25, 0.3) is 0 Å². The second kappa shape index (κ2) is 8.94. The van der Waals surface area contributed by atoms with Crippen LogP contribution in [0.1, 0.15) is 38.8 Å². The number of rotatable bonds is 10. The molecule has 0 radical (unpaired) electrons. The van der Waals surface area contributed by atoms with Gasteiger partial charge in [-0.15, -0.1) is 0 Å². The van der Waals surface area contributed by atoms with Crippen molar-refractivity contribution < 1.29 is 18.3 Å². The van der Waals surface area contributed by atoms with Crippen LogP contribution < -0.4 is 0 Å². The molecule has 24 heavy (non-hydrogen) atoms. The molecule has 0 amide bonds. The fourth-order valence-electron chi connectivity index (χ4n) is 3.03. The van der Waals surface area contributed by atoms with Crippen LogP contribution in [-0.4, -0.2) is 66.1 Å². The number of aromatic nitrogens is 2. The standard InChI is InChI=1S/C16H29N3O4S/c1-3-10-24(21,22)16-17-11-14(12-18(4-2)7-8-20)19(16)13-15-6-5-9-23-15/h11,15,20H,3-10,12-13H2,1-2H3. The Morgan fingerprint density at radius 2 is 2.25 bits per heavy atom. The minimum absolute atomic E-state index is 0.0430. The van der Waals surface area contributed by atoms with Gasteiger partial charge in [0.15, 0.2) is 0 Å². The van der Waals surface area contributed by atoms with Gasteiger partial charge in [-0.3, -0.25) is 4.90 Å². The Morgan fingerprint density at radius 3 is 2.83 bits per heavy atom. The summed E-state index contributed by atoms with van der Waals surface area (Å²) in [5, 5.41) is 9.32. The quantitative estimate of drug-likeness (QED) is 0.672. The van der Waals surface area contributed by atoms with Crippen molar-refractivity contribution in [3.05, 3.63) is 11.9 Å². The third kappa shape index (κ3) is 4.78. The zero-order valence-electron chi connectivity index (χ0n) is 14.6. The van der Waals surface area contributed by atoms with Crippen molar-refractivity contribution in [3.8, 4) is 0 Å². The Labute approximate surface area is 144 Å². The van der Waals surface area contributed by atoms with E-state index in [0.29, 0.717) is 26.1 Å². The maximum atomic E-state index is 12.5. The van der Waals surface area contributed by atoms with Gasteiger partial charge in [-0.1, -0.05) is 13.8 Å². The summed E-state index contributed by atoms with van der Waals surface area (Å²) in [6.45, 7) is 7.10. The lowest BCUT2D eigenvalue weighted by Crippen LogP contribution is -2.29. The lowest BCUT2D eigenvalue weighted by atomic mass is 10.2. The smallest absolute Gasteiger partial charge is 0.227 e.